The number of ether oxygens (including phenoxy) is 1. The van der Waals surface area contributed by atoms with Gasteiger partial charge in [0.05, 0.1) is 30.4 Å². The first-order valence-electron chi connectivity index (χ1n) is 5.38. The number of hydrogen-bond acceptors (Lipinski definition) is 6. The monoisotopic (exact) mass is 273 g/mol. The van der Waals surface area contributed by atoms with Gasteiger partial charge in [0.15, 0.2) is 0 Å². The molecule has 0 aliphatic carbocycles. The second-order valence-electron chi connectivity index (χ2n) is 4.27. The smallest absolute Gasteiger partial charge is 0.224 e. The number of thioether (sulfide) groups is 1. The average Bonchev–Trinajstić information content (AvgIpc) is 2.71. The minimum absolute atomic E-state index is 0.0219. The van der Waals surface area contributed by atoms with Crippen LogP contribution in [-0.4, -0.2) is 46.2 Å². The predicted octanol–water partition coefficient (Wildman–Crippen LogP) is 0.951. The Bertz CT molecular complexity index is 448. The van der Waals surface area contributed by atoms with Crippen LogP contribution >= 0.6 is 23.4 Å². The summed E-state index contributed by atoms with van der Waals surface area (Å²) in [5.74, 6) is 1.72. The van der Waals surface area contributed by atoms with Crippen molar-refractivity contribution >= 4 is 29.2 Å². The topological polar surface area (TPSA) is 67.3 Å². The Hall–Kier alpha value is -0.560. The number of fused-ring (bicyclic) bond motifs is 1. The van der Waals surface area contributed by atoms with Crippen molar-refractivity contribution in [1.29, 1.82) is 0 Å². The van der Waals surface area contributed by atoms with E-state index in [4.69, 9.17) is 16.3 Å². The summed E-state index contributed by atoms with van der Waals surface area (Å²) in [4.78, 5) is 9.48. The lowest BCUT2D eigenvalue weighted by molar-refractivity contribution is -0.0653. The summed E-state index contributed by atoms with van der Waals surface area (Å²) in [6.07, 6.45) is 0.916. The molecular formula is C10H12ClN3O2S. The normalized spacial score (nSPS) is 20.8. The molecule has 1 fully saturated rings. The molecule has 2 N–H and O–H groups in total. The maximum atomic E-state index is 9.39. The molecule has 0 unspecified atom stereocenters. The van der Waals surface area contributed by atoms with Gasteiger partial charge in [-0.25, -0.2) is 4.98 Å². The van der Waals surface area contributed by atoms with E-state index in [1.807, 2.05) is 0 Å². The number of hydrogen-bond donors (Lipinski definition) is 2. The minimum Gasteiger partial charge on any atom is -0.394 e. The number of nitrogens with one attached hydrogen (secondary N) is 1. The lowest BCUT2D eigenvalue weighted by Crippen LogP contribution is -2.58. The van der Waals surface area contributed by atoms with Crippen LogP contribution in [0.25, 0.3) is 0 Å². The van der Waals surface area contributed by atoms with Crippen molar-refractivity contribution in [2.24, 2.45) is 0 Å². The summed E-state index contributed by atoms with van der Waals surface area (Å²) < 4.78 is 5.15. The van der Waals surface area contributed by atoms with Gasteiger partial charge in [-0.1, -0.05) is 0 Å². The minimum atomic E-state index is -0.408. The van der Waals surface area contributed by atoms with Gasteiger partial charge in [-0.2, -0.15) is 4.98 Å². The number of nitrogens with zero attached hydrogens (tertiary/aromatic N) is 2. The van der Waals surface area contributed by atoms with Crippen LogP contribution in [0.1, 0.15) is 5.69 Å². The molecule has 2 aliphatic rings. The molecule has 2 aliphatic heterocycles. The number of aliphatic hydroxyl groups excluding tert-OH is 1. The van der Waals surface area contributed by atoms with Gasteiger partial charge in [-0.15, -0.1) is 11.8 Å². The van der Waals surface area contributed by atoms with E-state index in [0.29, 0.717) is 13.2 Å². The molecule has 0 aromatic carbocycles. The van der Waals surface area contributed by atoms with Crippen molar-refractivity contribution in [3.05, 3.63) is 11.0 Å². The SMILES string of the molecule is OCC1(Nc2nc(Cl)nc3c2SCC3)COC1. The van der Waals surface area contributed by atoms with Crippen LogP contribution in [0.4, 0.5) is 5.82 Å². The molecule has 17 heavy (non-hydrogen) atoms. The van der Waals surface area contributed by atoms with E-state index in [2.05, 4.69) is 15.3 Å². The summed E-state index contributed by atoms with van der Waals surface area (Å²) >= 11 is 7.62. The fourth-order valence-electron chi connectivity index (χ4n) is 1.93. The molecule has 0 bridgehead atoms. The summed E-state index contributed by atoms with van der Waals surface area (Å²) in [6, 6.07) is 0. The van der Waals surface area contributed by atoms with E-state index in [-0.39, 0.29) is 11.9 Å². The van der Waals surface area contributed by atoms with E-state index < -0.39 is 5.54 Å². The summed E-state index contributed by atoms with van der Waals surface area (Å²) in [5, 5.41) is 12.9. The van der Waals surface area contributed by atoms with Crippen molar-refractivity contribution in [2.75, 3.05) is 30.9 Å². The summed E-state index contributed by atoms with van der Waals surface area (Å²) in [6.45, 7) is 1.00. The maximum Gasteiger partial charge on any atom is 0.224 e. The zero-order chi connectivity index (χ0) is 11.9. The van der Waals surface area contributed by atoms with Crippen LogP contribution in [0.2, 0.25) is 5.28 Å². The number of aryl methyl sites for hydroxylation is 1. The second kappa shape index (κ2) is 4.28. The zero-order valence-corrected chi connectivity index (χ0v) is 10.6. The third-order valence-corrected chi connectivity index (χ3v) is 4.23. The molecule has 0 radical (unpaired) electrons. The van der Waals surface area contributed by atoms with Crippen LogP contribution in [-0.2, 0) is 11.2 Å². The van der Waals surface area contributed by atoms with Crippen molar-refractivity contribution in [2.45, 2.75) is 16.9 Å². The molecule has 1 saturated heterocycles. The molecule has 1 aromatic heterocycles. The molecule has 0 saturated carbocycles. The van der Waals surface area contributed by atoms with E-state index in [1.165, 1.54) is 0 Å². The number of aliphatic hydroxyl groups is 1. The first-order valence-corrected chi connectivity index (χ1v) is 6.75. The number of halogens is 1. The molecule has 0 amide bonds. The van der Waals surface area contributed by atoms with E-state index >= 15 is 0 Å². The Labute approximate surface area is 108 Å². The molecule has 0 atom stereocenters. The van der Waals surface area contributed by atoms with Crippen LogP contribution in [0.3, 0.4) is 0 Å². The fourth-order valence-corrected chi connectivity index (χ4v) is 3.16. The summed E-state index contributed by atoms with van der Waals surface area (Å²) in [7, 11) is 0. The molecule has 0 spiro atoms. The van der Waals surface area contributed by atoms with Gasteiger partial charge < -0.3 is 15.2 Å². The lowest BCUT2D eigenvalue weighted by Gasteiger charge is -2.41. The van der Waals surface area contributed by atoms with Crippen LogP contribution in [0, 0.1) is 0 Å². The van der Waals surface area contributed by atoms with E-state index in [1.54, 1.807) is 11.8 Å². The largest absolute Gasteiger partial charge is 0.394 e. The maximum absolute atomic E-state index is 9.39. The van der Waals surface area contributed by atoms with Gasteiger partial charge in [-0.05, 0) is 11.6 Å². The van der Waals surface area contributed by atoms with Gasteiger partial charge in [0.1, 0.15) is 11.4 Å². The first kappa shape index (κ1) is 11.5. The highest BCUT2D eigenvalue weighted by Crippen LogP contribution is 2.37. The standard InChI is InChI=1S/C10H12ClN3O2S/c11-9-12-6-1-2-17-7(6)8(13-9)14-10(3-15)4-16-5-10/h15H,1-5H2,(H,12,13,14). The van der Waals surface area contributed by atoms with Crippen LogP contribution in [0.5, 0.6) is 0 Å². The van der Waals surface area contributed by atoms with Gasteiger partial charge in [0.2, 0.25) is 5.28 Å². The van der Waals surface area contributed by atoms with Gasteiger partial charge in [0, 0.05) is 12.2 Å². The quantitative estimate of drug-likeness (QED) is 0.800. The highest BCUT2D eigenvalue weighted by Gasteiger charge is 2.39. The first-order chi connectivity index (χ1) is 8.22. The van der Waals surface area contributed by atoms with Crippen LogP contribution < -0.4 is 5.32 Å². The Morgan fingerprint density at radius 2 is 2.29 bits per heavy atom. The highest BCUT2D eigenvalue weighted by atomic mass is 35.5. The van der Waals surface area contributed by atoms with Crippen molar-refractivity contribution in [3.8, 4) is 0 Å². The van der Waals surface area contributed by atoms with Crippen molar-refractivity contribution < 1.29 is 9.84 Å². The third kappa shape index (κ3) is 1.99. The van der Waals surface area contributed by atoms with Crippen LogP contribution in [0.15, 0.2) is 4.90 Å². The van der Waals surface area contributed by atoms with Crippen molar-refractivity contribution in [3.63, 3.8) is 0 Å². The fraction of sp³-hybridized carbons (Fsp3) is 0.600. The molecular weight excluding hydrogens is 262 g/mol. The van der Waals surface area contributed by atoms with Gasteiger partial charge >= 0.3 is 0 Å². The Morgan fingerprint density at radius 1 is 1.47 bits per heavy atom. The summed E-state index contributed by atoms with van der Waals surface area (Å²) in [5.41, 5.74) is 0.583. The third-order valence-electron chi connectivity index (χ3n) is 2.94. The number of rotatable bonds is 3. The second-order valence-corrected chi connectivity index (χ2v) is 5.72. The zero-order valence-electron chi connectivity index (χ0n) is 9.07. The number of anilines is 1. The Balaban J connectivity index is 1.92. The molecule has 5 nitrogen and oxygen atoms in total. The average molecular weight is 274 g/mol. The van der Waals surface area contributed by atoms with E-state index in [9.17, 15) is 5.11 Å². The molecule has 7 heteroatoms. The molecule has 1 aromatic rings. The molecule has 3 heterocycles. The predicted molar refractivity (Wildman–Crippen MR) is 65.7 cm³/mol. The molecule has 92 valence electrons. The highest BCUT2D eigenvalue weighted by molar-refractivity contribution is 7.99. The van der Waals surface area contributed by atoms with Gasteiger partial charge in [0.25, 0.3) is 0 Å². The Morgan fingerprint density at radius 3 is 2.94 bits per heavy atom. The number of aromatic nitrogens is 2. The molecule has 3 rings (SSSR count). The van der Waals surface area contributed by atoms with Crippen molar-refractivity contribution in [1.82, 2.24) is 9.97 Å². The van der Waals surface area contributed by atoms with Gasteiger partial charge in [-0.3, -0.25) is 0 Å². The van der Waals surface area contributed by atoms with E-state index in [0.717, 1.165) is 28.6 Å². The lowest BCUT2D eigenvalue weighted by atomic mass is 9.99. The Kier molecular flexibility index (Phi) is 2.90.